The SMILES string of the molecule is COc1ccc(NS(=O)(=O)c2ccc(C(=O)Nc3ccc(Oc4ncccn4)cc3)cc2)cc1. The third-order valence-electron chi connectivity index (χ3n) is 4.63. The number of amides is 1. The number of nitrogens with one attached hydrogen (secondary N) is 2. The summed E-state index contributed by atoms with van der Waals surface area (Å²) in [6, 6.07) is 20.7. The van der Waals surface area contributed by atoms with Crippen LogP contribution in [0.1, 0.15) is 10.4 Å². The molecule has 172 valence electrons. The van der Waals surface area contributed by atoms with Crippen LogP contribution in [-0.2, 0) is 10.0 Å². The summed E-state index contributed by atoms with van der Waals surface area (Å²) in [5.41, 5.74) is 1.25. The molecule has 0 spiro atoms. The number of nitrogens with zero attached hydrogens (tertiary/aromatic N) is 2. The molecule has 0 aliphatic carbocycles. The Morgan fingerprint density at radius 1 is 0.794 bits per heavy atom. The Labute approximate surface area is 196 Å². The molecule has 0 aliphatic heterocycles. The molecule has 0 fully saturated rings. The number of aromatic nitrogens is 2. The van der Waals surface area contributed by atoms with Crippen LogP contribution in [0.4, 0.5) is 11.4 Å². The van der Waals surface area contributed by atoms with E-state index in [0.717, 1.165) is 0 Å². The first-order valence-corrected chi connectivity index (χ1v) is 11.5. The number of hydrogen-bond donors (Lipinski definition) is 2. The number of carbonyl (C=O) groups excluding carboxylic acids is 1. The molecular weight excluding hydrogens is 456 g/mol. The van der Waals surface area contributed by atoms with E-state index in [-0.39, 0.29) is 16.8 Å². The molecule has 4 aromatic rings. The number of rotatable bonds is 8. The van der Waals surface area contributed by atoms with Crippen LogP contribution >= 0.6 is 0 Å². The van der Waals surface area contributed by atoms with Gasteiger partial charge in [0.2, 0.25) is 0 Å². The Hall–Kier alpha value is -4.44. The van der Waals surface area contributed by atoms with Crippen molar-refractivity contribution in [2.24, 2.45) is 0 Å². The molecule has 3 aromatic carbocycles. The number of ether oxygens (including phenoxy) is 2. The predicted octanol–water partition coefficient (Wildman–Crippen LogP) is 4.33. The maximum Gasteiger partial charge on any atom is 0.321 e. The summed E-state index contributed by atoms with van der Waals surface area (Å²) in [5, 5.41) is 2.76. The van der Waals surface area contributed by atoms with Crippen molar-refractivity contribution in [3.8, 4) is 17.5 Å². The minimum atomic E-state index is -3.81. The van der Waals surface area contributed by atoms with E-state index in [1.807, 2.05) is 0 Å². The Morgan fingerprint density at radius 2 is 1.38 bits per heavy atom. The van der Waals surface area contributed by atoms with Crippen molar-refractivity contribution in [1.82, 2.24) is 9.97 Å². The summed E-state index contributed by atoms with van der Waals surface area (Å²) in [4.78, 5) is 20.6. The van der Waals surface area contributed by atoms with Crippen LogP contribution in [0.5, 0.6) is 17.5 Å². The molecule has 0 radical (unpaired) electrons. The van der Waals surface area contributed by atoms with E-state index in [0.29, 0.717) is 28.4 Å². The van der Waals surface area contributed by atoms with Gasteiger partial charge in [0, 0.05) is 29.3 Å². The van der Waals surface area contributed by atoms with Crippen molar-refractivity contribution in [3.63, 3.8) is 0 Å². The minimum absolute atomic E-state index is 0.0319. The fourth-order valence-electron chi connectivity index (χ4n) is 2.91. The lowest BCUT2D eigenvalue weighted by atomic mass is 10.2. The highest BCUT2D eigenvalue weighted by atomic mass is 32.2. The van der Waals surface area contributed by atoms with Gasteiger partial charge in [0.1, 0.15) is 11.5 Å². The second-order valence-electron chi connectivity index (χ2n) is 6.97. The lowest BCUT2D eigenvalue weighted by Gasteiger charge is -2.10. The van der Waals surface area contributed by atoms with Crippen molar-refractivity contribution in [3.05, 3.63) is 96.8 Å². The van der Waals surface area contributed by atoms with E-state index < -0.39 is 10.0 Å². The van der Waals surface area contributed by atoms with Crippen molar-refractivity contribution in [1.29, 1.82) is 0 Å². The molecule has 10 heteroatoms. The van der Waals surface area contributed by atoms with E-state index >= 15 is 0 Å². The van der Waals surface area contributed by atoms with Crippen LogP contribution in [0.2, 0.25) is 0 Å². The lowest BCUT2D eigenvalue weighted by Crippen LogP contribution is -2.14. The molecule has 1 amide bonds. The van der Waals surface area contributed by atoms with Gasteiger partial charge in [-0.25, -0.2) is 18.4 Å². The van der Waals surface area contributed by atoms with E-state index in [9.17, 15) is 13.2 Å². The molecule has 1 aromatic heterocycles. The number of benzene rings is 3. The zero-order chi connectivity index (χ0) is 24.0. The summed E-state index contributed by atoms with van der Waals surface area (Å²) in [5.74, 6) is 0.751. The average molecular weight is 477 g/mol. The standard InChI is InChI=1S/C24H20N4O5S/c1-32-20-9-7-19(8-10-20)28-34(30,31)22-13-3-17(4-14-22)23(29)27-18-5-11-21(12-6-18)33-24-25-15-2-16-26-24/h2-16,28H,1H3,(H,27,29). The smallest absolute Gasteiger partial charge is 0.321 e. The van der Waals surface area contributed by atoms with E-state index in [4.69, 9.17) is 9.47 Å². The first-order valence-electron chi connectivity index (χ1n) is 10.1. The third-order valence-corrected chi connectivity index (χ3v) is 6.03. The minimum Gasteiger partial charge on any atom is -0.497 e. The molecular formula is C24H20N4O5S. The van der Waals surface area contributed by atoms with Crippen LogP contribution in [0.3, 0.4) is 0 Å². The first kappa shape index (κ1) is 22.7. The Morgan fingerprint density at radius 3 is 2.00 bits per heavy atom. The molecule has 1 heterocycles. The zero-order valence-corrected chi connectivity index (χ0v) is 18.8. The number of methoxy groups -OCH3 is 1. The van der Waals surface area contributed by atoms with Crippen molar-refractivity contribution in [2.45, 2.75) is 4.90 Å². The van der Waals surface area contributed by atoms with Crippen LogP contribution in [0.15, 0.2) is 96.2 Å². The van der Waals surface area contributed by atoms with Crippen molar-refractivity contribution in [2.75, 3.05) is 17.1 Å². The lowest BCUT2D eigenvalue weighted by molar-refractivity contribution is 0.102. The molecule has 0 bridgehead atoms. The average Bonchev–Trinajstić information content (AvgIpc) is 2.86. The monoisotopic (exact) mass is 476 g/mol. The molecule has 0 unspecified atom stereocenters. The topological polar surface area (TPSA) is 120 Å². The maximum atomic E-state index is 12.6. The Kier molecular flexibility index (Phi) is 6.69. The highest BCUT2D eigenvalue weighted by Crippen LogP contribution is 2.22. The normalized spacial score (nSPS) is 10.9. The molecule has 0 aliphatic rings. The first-order chi connectivity index (χ1) is 16.4. The summed E-state index contributed by atoms with van der Waals surface area (Å²) in [6.07, 6.45) is 3.14. The van der Waals surface area contributed by atoms with Gasteiger partial charge in [-0.2, -0.15) is 0 Å². The second kappa shape index (κ2) is 10.0. The van der Waals surface area contributed by atoms with Crippen LogP contribution in [-0.4, -0.2) is 31.4 Å². The molecule has 0 saturated carbocycles. The van der Waals surface area contributed by atoms with Gasteiger partial charge >= 0.3 is 6.01 Å². The second-order valence-corrected chi connectivity index (χ2v) is 8.65. The molecule has 4 rings (SSSR count). The zero-order valence-electron chi connectivity index (χ0n) is 18.0. The quantitative estimate of drug-likeness (QED) is 0.388. The predicted molar refractivity (Wildman–Crippen MR) is 127 cm³/mol. The molecule has 0 atom stereocenters. The van der Waals surface area contributed by atoms with Gasteiger partial charge in [-0.1, -0.05) is 0 Å². The van der Waals surface area contributed by atoms with Gasteiger partial charge in [0.25, 0.3) is 15.9 Å². The Balaban J connectivity index is 1.38. The van der Waals surface area contributed by atoms with E-state index in [1.165, 1.54) is 31.4 Å². The number of hydrogen-bond acceptors (Lipinski definition) is 7. The number of carbonyl (C=O) groups is 1. The fraction of sp³-hybridized carbons (Fsp3) is 0.0417. The van der Waals surface area contributed by atoms with Gasteiger partial charge < -0.3 is 14.8 Å². The third kappa shape index (κ3) is 5.67. The molecule has 9 nitrogen and oxygen atoms in total. The summed E-state index contributed by atoms with van der Waals surface area (Å²) in [6.45, 7) is 0. The number of anilines is 2. The van der Waals surface area contributed by atoms with Gasteiger partial charge in [-0.05, 0) is 78.9 Å². The molecule has 0 saturated heterocycles. The van der Waals surface area contributed by atoms with Gasteiger partial charge in [0.15, 0.2) is 0 Å². The largest absolute Gasteiger partial charge is 0.497 e. The Bertz CT molecular complexity index is 1360. The summed E-state index contributed by atoms with van der Waals surface area (Å²) in [7, 11) is -2.28. The summed E-state index contributed by atoms with van der Waals surface area (Å²) >= 11 is 0. The highest BCUT2D eigenvalue weighted by molar-refractivity contribution is 7.92. The molecule has 2 N–H and O–H groups in total. The van der Waals surface area contributed by atoms with Gasteiger partial charge in [-0.3, -0.25) is 9.52 Å². The van der Waals surface area contributed by atoms with Crippen LogP contribution in [0.25, 0.3) is 0 Å². The van der Waals surface area contributed by atoms with Gasteiger partial charge in [0.05, 0.1) is 12.0 Å². The fourth-order valence-corrected chi connectivity index (χ4v) is 3.97. The van der Waals surface area contributed by atoms with Crippen LogP contribution in [0, 0.1) is 0 Å². The number of sulfonamides is 1. The maximum absolute atomic E-state index is 12.6. The highest BCUT2D eigenvalue weighted by Gasteiger charge is 2.15. The van der Waals surface area contributed by atoms with Crippen molar-refractivity contribution >= 4 is 27.3 Å². The van der Waals surface area contributed by atoms with Crippen molar-refractivity contribution < 1.29 is 22.7 Å². The summed E-state index contributed by atoms with van der Waals surface area (Å²) < 4.78 is 38.3. The molecule has 34 heavy (non-hydrogen) atoms. The van der Waals surface area contributed by atoms with Gasteiger partial charge in [-0.15, -0.1) is 0 Å². The van der Waals surface area contributed by atoms with E-state index in [1.54, 1.807) is 67.0 Å². The van der Waals surface area contributed by atoms with E-state index in [2.05, 4.69) is 20.0 Å². The van der Waals surface area contributed by atoms with Crippen LogP contribution < -0.4 is 19.5 Å².